The zero-order valence-electron chi connectivity index (χ0n) is 14.1. The Bertz CT molecular complexity index is 840. The third-order valence-electron chi connectivity index (χ3n) is 3.37. The van der Waals surface area contributed by atoms with Crippen LogP contribution in [0.4, 0.5) is 0 Å². The van der Waals surface area contributed by atoms with Crippen molar-refractivity contribution in [3.8, 4) is 0 Å². The van der Waals surface area contributed by atoms with Gasteiger partial charge in [0.2, 0.25) is 0 Å². The van der Waals surface area contributed by atoms with E-state index in [2.05, 4.69) is 21.9 Å². The van der Waals surface area contributed by atoms with E-state index in [0.29, 0.717) is 37.8 Å². The molecule has 0 aliphatic heterocycles. The first kappa shape index (κ1) is 20.3. The van der Waals surface area contributed by atoms with Crippen molar-refractivity contribution >= 4 is 45.8 Å². The Labute approximate surface area is 166 Å². The van der Waals surface area contributed by atoms with E-state index in [1.54, 1.807) is 36.7 Å². The fourth-order valence-corrected chi connectivity index (χ4v) is 3.23. The Morgan fingerprint density at radius 1 is 1.31 bits per heavy atom. The van der Waals surface area contributed by atoms with Gasteiger partial charge in [0.25, 0.3) is 5.91 Å². The summed E-state index contributed by atoms with van der Waals surface area (Å²) in [6.45, 7) is 6.04. The van der Waals surface area contributed by atoms with Crippen molar-refractivity contribution in [2.45, 2.75) is 19.9 Å². The molecule has 0 unspecified atom stereocenters. The van der Waals surface area contributed by atoms with Gasteiger partial charge in [-0.05, 0) is 36.2 Å². The minimum Gasteiger partial charge on any atom is -0.401 e. The molecule has 26 heavy (non-hydrogen) atoms. The molecule has 0 atom stereocenters. The number of halogens is 2. The third kappa shape index (κ3) is 5.49. The molecule has 0 saturated carbocycles. The SMILES string of the molecule is C=C(S/C(C(=O)NCc1cc(Cl)ccc1Cl)=C(\N)CC)c1ncccn1. The molecule has 0 aliphatic rings. The van der Waals surface area contributed by atoms with Gasteiger partial charge in [0.15, 0.2) is 5.82 Å². The molecular formula is C18H18Cl2N4OS. The van der Waals surface area contributed by atoms with Crippen LogP contribution < -0.4 is 11.1 Å². The van der Waals surface area contributed by atoms with E-state index in [1.165, 1.54) is 0 Å². The summed E-state index contributed by atoms with van der Waals surface area (Å²) in [6, 6.07) is 6.79. The predicted octanol–water partition coefficient (Wildman–Crippen LogP) is 4.38. The molecule has 0 saturated heterocycles. The lowest BCUT2D eigenvalue weighted by Gasteiger charge is -2.13. The van der Waals surface area contributed by atoms with Crippen LogP contribution >= 0.6 is 35.0 Å². The molecule has 1 heterocycles. The smallest absolute Gasteiger partial charge is 0.260 e. The molecule has 0 aliphatic carbocycles. The van der Waals surface area contributed by atoms with E-state index in [-0.39, 0.29) is 12.5 Å². The van der Waals surface area contributed by atoms with Crippen molar-refractivity contribution in [2.75, 3.05) is 0 Å². The van der Waals surface area contributed by atoms with Gasteiger partial charge in [-0.1, -0.05) is 48.5 Å². The zero-order chi connectivity index (χ0) is 19.1. The number of hydrogen-bond acceptors (Lipinski definition) is 5. The maximum atomic E-state index is 12.7. The maximum absolute atomic E-state index is 12.7. The van der Waals surface area contributed by atoms with E-state index in [0.717, 1.165) is 17.3 Å². The fourth-order valence-electron chi connectivity index (χ4n) is 1.96. The van der Waals surface area contributed by atoms with Crippen LogP contribution in [0.1, 0.15) is 24.7 Å². The summed E-state index contributed by atoms with van der Waals surface area (Å²) in [5.41, 5.74) is 7.22. The highest BCUT2D eigenvalue weighted by Crippen LogP contribution is 2.32. The number of nitrogens with two attached hydrogens (primary N) is 1. The molecule has 0 radical (unpaired) electrons. The molecule has 1 amide bonds. The molecule has 0 spiro atoms. The summed E-state index contributed by atoms with van der Waals surface area (Å²) in [6.07, 6.45) is 3.75. The highest BCUT2D eigenvalue weighted by atomic mass is 35.5. The highest BCUT2D eigenvalue weighted by Gasteiger charge is 2.17. The summed E-state index contributed by atoms with van der Waals surface area (Å²) >= 11 is 13.3. The average Bonchev–Trinajstić information content (AvgIpc) is 2.66. The third-order valence-corrected chi connectivity index (χ3v) is 5.05. The first-order valence-electron chi connectivity index (χ1n) is 7.77. The minimum absolute atomic E-state index is 0.230. The van der Waals surface area contributed by atoms with Crippen LogP contribution in [0.25, 0.3) is 4.91 Å². The van der Waals surface area contributed by atoms with Crippen LogP contribution in [0.2, 0.25) is 10.0 Å². The molecule has 2 aromatic rings. The van der Waals surface area contributed by atoms with Crippen LogP contribution in [0, 0.1) is 0 Å². The Kier molecular flexibility index (Phi) is 7.50. The van der Waals surface area contributed by atoms with Crippen molar-refractivity contribution in [1.29, 1.82) is 0 Å². The monoisotopic (exact) mass is 408 g/mol. The van der Waals surface area contributed by atoms with Gasteiger partial charge < -0.3 is 11.1 Å². The summed E-state index contributed by atoms with van der Waals surface area (Å²) in [5, 5.41) is 3.89. The van der Waals surface area contributed by atoms with Crippen molar-refractivity contribution in [3.05, 3.63) is 75.3 Å². The standard InChI is InChI=1S/C18H18Cl2N4OS/c1-3-15(21)16(26-11(2)17-22-7-4-8-23-17)18(25)24-10-12-9-13(19)5-6-14(12)20/h4-9H,2-3,10,21H2,1H3,(H,24,25)/b16-15-. The summed E-state index contributed by atoms with van der Waals surface area (Å²) in [7, 11) is 0. The summed E-state index contributed by atoms with van der Waals surface area (Å²) in [5.74, 6) is 0.132. The van der Waals surface area contributed by atoms with Gasteiger partial charge in [0.1, 0.15) is 0 Å². The van der Waals surface area contributed by atoms with Crippen LogP contribution in [-0.2, 0) is 11.3 Å². The average molecular weight is 409 g/mol. The summed E-state index contributed by atoms with van der Waals surface area (Å²) < 4.78 is 0. The second kappa shape index (κ2) is 9.62. The van der Waals surface area contributed by atoms with E-state index in [1.807, 2.05) is 6.92 Å². The van der Waals surface area contributed by atoms with Gasteiger partial charge in [-0.2, -0.15) is 0 Å². The van der Waals surface area contributed by atoms with Crippen molar-refractivity contribution in [1.82, 2.24) is 15.3 Å². The molecule has 1 aromatic heterocycles. The Hall–Kier alpha value is -2.02. The number of amides is 1. The van der Waals surface area contributed by atoms with E-state index < -0.39 is 0 Å². The number of allylic oxidation sites excluding steroid dienone is 1. The highest BCUT2D eigenvalue weighted by molar-refractivity contribution is 8.12. The van der Waals surface area contributed by atoms with Gasteiger partial charge in [0.05, 0.1) is 4.91 Å². The Balaban J connectivity index is 2.13. The number of hydrogen-bond donors (Lipinski definition) is 2. The van der Waals surface area contributed by atoms with E-state index in [9.17, 15) is 4.79 Å². The predicted molar refractivity (Wildman–Crippen MR) is 108 cm³/mol. The quantitative estimate of drug-likeness (QED) is 0.664. The molecule has 8 heteroatoms. The number of thioether (sulfide) groups is 1. The fraction of sp³-hybridized carbons (Fsp3) is 0.167. The minimum atomic E-state index is -0.317. The molecule has 136 valence electrons. The number of aromatic nitrogens is 2. The van der Waals surface area contributed by atoms with Gasteiger partial charge in [-0.15, -0.1) is 0 Å². The van der Waals surface area contributed by atoms with Crippen LogP contribution in [0.3, 0.4) is 0 Å². The Morgan fingerprint density at radius 2 is 2.00 bits per heavy atom. The first-order valence-corrected chi connectivity index (χ1v) is 9.34. The van der Waals surface area contributed by atoms with Crippen LogP contribution in [0.15, 0.2) is 53.8 Å². The molecule has 0 bridgehead atoms. The topological polar surface area (TPSA) is 80.9 Å². The van der Waals surface area contributed by atoms with Crippen LogP contribution in [-0.4, -0.2) is 15.9 Å². The lowest BCUT2D eigenvalue weighted by Crippen LogP contribution is -2.25. The molecule has 2 rings (SSSR count). The van der Waals surface area contributed by atoms with Crippen molar-refractivity contribution in [2.24, 2.45) is 5.73 Å². The molecular weight excluding hydrogens is 391 g/mol. The Morgan fingerprint density at radius 3 is 2.65 bits per heavy atom. The molecule has 5 nitrogen and oxygen atoms in total. The number of nitrogens with zero attached hydrogens (tertiary/aromatic N) is 2. The lowest BCUT2D eigenvalue weighted by atomic mass is 10.2. The second-order valence-corrected chi connectivity index (χ2v) is 7.17. The van der Waals surface area contributed by atoms with E-state index >= 15 is 0 Å². The number of carbonyl (C=O) groups excluding carboxylic acids is 1. The summed E-state index contributed by atoms with van der Waals surface area (Å²) in [4.78, 5) is 21.8. The van der Waals surface area contributed by atoms with Crippen molar-refractivity contribution in [3.63, 3.8) is 0 Å². The lowest BCUT2D eigenvalue weighted by molar-refractivity contribution is -0.117. The first-order chi connectivity index (χ1) is 12.4. The van der Waals surface area contributed by atoms with Gasteiger partial charge >= 0.3 is 0 Å². The molecule has 3 N–H and O–H groups in total. The zero-order valence-corrected chi connectivity index (χ0v) is 16.5. The largest absolute Gasteiger partial charge is 0.401 e. The number of carbonyl (C=O) groups is 1. The van der Waals surface area contributed by atoms with Crippen molar-refractivity contribution < 1.29 is 4.79 Å². The van der Waals surface area contributed by atoms with E-state index in [4.69, 9.17) is 28.9 Å². The molecule has 0 fully saturated rings. The normalized spacial score (nSPS) is 11.7. The van der Waals surface area contributed by atoms with Crippen LogP contribution in [0.5, 0.6) is 0 Å². The second-order valence-electron chi connectivity index (χ2n) is 5.22. The number of benzene rings is 1. The number of rotatable bonds is 7. The maximum Gasteiger partial charge on any atom is 0.260 e. The van der Waals surface area contributed by atoms with Gasteiger partial charge in [-0.3, -0.25) is 4.79 Å². The van der Waals surface area contributed by atoms with Gasteiger partial charge in [-0.25, -0.2) is 9.97 Å². The number of nitrogens with one attached hydrogen (secondary N) is 1. The molecule has 1 aromatic carbocycles. The van der Waals surface area contributed by atoms with Gasteiger partial charge in [0, 0.05) is 39.6 Å².